The van der Waals surface area contributed by atoms with Gasteiger partial charge in [0.25, 0.3) is 0 Å². The fourth-order valence-corrected chi connectivity index (χ4v) is 3.72. The van der Waals surface area contributed by atoms with Gasteiger partial charge in [-0.15, -0.1) is 0 Å². The van der Waals surface area contributed by atoms with Crippen molar-refractivity contribution in [3.8, 4) is 0 Å². The predicted molar refractivity (Wildman–Crippen MR) is 83.9 cm³/mol. The quantitative estimate of drug-likeness (QED) is 0.773. The third-order valence-electron chi connectivity index (χ3n) is 3.57. The first-order valence-electron chi connectivity index (χ1n) is 6.62. The van der Waals surface area contributed by atoms with Crippen LogP contribution < -0.4 is 0 Å². The Balaban J connectivity index is 2.02. The molecule has 0 radical (unpaired) electrons. The molecule has 3 heteroatoms. The van der Waals surface area contributed by atoms with E-state index in [2.05, 4.69) is 4.99 Å². The fraction of sp³-hybridized carbons (Fsp3) is 0.235. The maximum absolute atomic E-state index is 15.6. The van der Waals surface area contributed by atoms with E-state index in [0.717, 1.165) is 10.6 Å². The zero-order valence-corrected chi connectivity index (χ0v) is 12.3. The van der Waals surface area contributed by atoms with Gasteiger partial charge in [-0.1, -0.05) is 72.4 Å². The monoisotopic (exact) mass is 285 g/mol. The molecule has 20 heavy (non-hydrogen) atoms. The molecule has 1 nitrogen and oxygen atoms in total. The highest BCUT2D eigenvalue weighted by molar-refractivity contribution is 8.15. The van der Waals surface area contributed by atoms with Crippen molar-refractivity contribution < 1.29 is 4.39 Å². The summed E-state index contributed by atoms with van der Waals surface area (Å²) in [6, 6.07) is 19.1. The molecule has 0 amide bonds. The van der Waals surface area contributed by atoms with Gasteiger partial charge in [-0.25, -0.2) is 4.39 Å². The smallest absolute Gasteiger partial charge is 0.211 e. The summed E-state index contributed by atoms with van der Waals surface area (Å²) in [4.78, 5) is 4.62. The van der Waals surface area contributed by atoms with E-state index < -0.39 is 10.5 Å². The van der Waals surface area contributed by atoms with Gasteiger partial charge >= 0.3 is 0 Å². The second-order valence-electron chi connectivity index (χ2n) is 5.41. The molecule has 3 rings (SSSR count). The molecule has 0 fully saturated rings. The van der Waals surface area contributed by atoms with E-state index in [1.807, 2.05) is 74.5 Å². The van der Waals surface area contributed by atoms with Crippen LogP contribution in [0, 0.1) is 0 Å². The third kappa shape index (κ3) is 2.06. The van der Waals surface area contributed by atoms with Gasteiger partial charge in [0.05, 0.1) is 0 Å². The number of thioether (sulfide) groups is 1. The Kier molecular flexibility index (Phi) is 3.17. The number of aliphatic imine (C=N–C) groups is 1. The topological polar surface area (TPSA) is 12.4 Å². The van der Waals surface area contributed by atoms with Crippen molar-refractivity contribution in [1.29, 1.82) is 0 Å². The Hall–Kier alpha value is -1.61. The van der Waals surface area contributed by atoms with Crippen LogP contribution >= 0.6 is 11.8 Å². The predicted octanol–water partition coefficient (Wildman–Crippen LogP) is 4.78. The number of hydrogen-bond acceptors (Lipinski definition) is 2. The zero-order chi connectivity index (χ0) is 14.2. The Morgan fingerprint density at radius 1 is 0.900 bits per heavy atom. The van der Waals surface area contributed by atoms with Crippen LogP contribution in [0.25, 0.3) is 0 Å². The summed E-state index contributed by atoms with van der Waals surface area (Å²) in [6.07, 6.45) is 0. The molecule has 0 saturated heterocycles. The number of halogens is 1. The SMILES string of the molecule is CC1(C)N=C(c2ccccc2)SC1(F)c1ccccc1. The van der Waals surface area contributed by atoms with E-state index >= 15 is 4.39 Å². The maximum atomic E-state index is 15.6. The lowest BCUT2D eigenvalue weighted by atomic mass is 9.92. The summed E-state index contributed by atoms with van der Waals surface area (Å²) in [7, 11) is 0. The minimum Gasteiger partial charge on any atom is -0.267 e. The normalized spacial score (nSPS) is 24.4. The van der Waals surface area contributed by atoms with E-state index in [0.29, 0.717) is 5.56 Å². The lowest BCUT2D eigenvalue weighted by molar-refractivity contribution is 0.190. The van der Waals surface area contributed by atoms with Gasteiger partial charge < -0.3 is 0 Å². The summed E-state index contributed by atoms with van der Waals surface area (Å²) in [6.45, 7) is 3.70. The van der Waals surface area contributed by atoms with Crippen molar-refractivity contribution in [3.05, 3.63) is 71.8 Å². The first kappa shape index (κ1) is 13.4. The van der Waals surface area contributed by atoms with Crippen LogP contribution in [-0.2, 0) is 5.00 Å². The van der Waals surface area contributed by atoms with Crippen molar-refractivity contribution in [2.45, 2.75) is 24.4 Å². The summed E-state index contributed by atoms with van der Waals surface area (Å²) in [5.74, 6) is 0. The third-order valence-corrected chi connectivity index (χ3v) is 5.11. The van der Waals surface area contributed by atoms with Crippen LogP contribution in [0.15, 0.2) is 65.7 Å². The van der Waals surface area contributed by atoms with E-state index in [4.69, 9.17) is 0 Å². The van der Waals surface area contributed by atoms with Gasteiger partial charge in [0, 0.05) is 11.1 Å². The van der Waals surface area contributed by atoms with E-state index in [1.165, 1.54) is 11.8 Å². The molecular formula is C17H16FNS. The Morgan fingerprint density at radius 2 is 1.45 bits per heavy atom. The highest BCUT2D eigenvalue weighted by Gasteiger charge is 2.53. The lowest BCUT2D eigenvalue weighted by Gasteiger charge is -2.31. The average molecular weight is 285 g/mol. The molecule has 1 heterocycles. The molecule has 0 N–H and O–H groups in total. The van der Waals surface area contributed by atoms with Gasteiger partial charge in [0.1, 0.15) is 10.6 Å². The van der Waals surface area contributed by atoms with Crippen LogP contribution in [0.1, 0.15) is 25.0 Å². The summed E-state index contributed by atoms with van der Waals surface area (Å²) < 4.78 is 15.6. The van der Waals surface area contributed by atoms with Crippen LogP contribution in [-0.4, -0.2) is 10.6 Å². The maximum Gasteiger partial charge on any atom is 0.211 e. The Bertz CT molecular complexity index is 637. The highest BCUT2D eigenvalue weighted by Crippen LogP contribution is 2.54. The van der Waals surface area contributed by atoms with E-state index in [-0.39, 0.29) is 0 Å². The highest BCUT2D eigenvalue weighted by atomic mass is 32.2. The number of nitrogens with zero attached hydrogens (tertiary/aromatic N) is 1. The molecule has 1 aliphatic heterocycles. The molecule has 1 aliphatic rings. The molecule has 0 spiro atoms. The first-order chi connectivity index (χ1) is 9.53. The number of hydrogen-bond donors (Lipinski definition) is 0. The van der Waals surface area contributed by atoms with Gasteiger partial charge in [-0.2, -0.15) is 0 Å². The summed E-state index contributed by atoms with van der Waals surface area (Å²) in [5.41, 5.74) is 0.857. The summed E-state index contributed by atoms with van der Waals surface area (Å²) in [5, 5.41) is -0.763. The van der Waals surface area contributed by atoms with Crippen LogP contribution in [0.2, 0.25) is 0 Å². The largest absolute Gasteiger partial charge is 0.267 e. The van der Waals surface area contributed by atoms with Crippen molar-refractivity contribution >= 4 is 16.8 Å². The van der Waals surface area contributed by atoms with Crippen LogP contribution in [0.3, 0.4) is 0 Å². The van der Waals surface area contributed by atoms with Gasteiger partial charge in [-0.05, 0) is 13.8 Å². The zero-order valence-electron chi connectivity index (χ0n) is 11.5. The molecule has 2 aromatic rings. The number of benzene rings is 2. The standard InChI is InChI=1S/C17H16FNS/c1-16(2)17(18,14-11-7-4-8-12-14)20-15(19-16)13-9-5-3-6-10-13/h3-12H,1-2H3. The van der Waals surface area contributed by atoms with Gasteiger partial charge in [-0.3, -0.25) is 4.99 Å². The Labute approximate surface area is 122 Å². The van der Waals surface area contributed by atoms with Gasteiger partial charge in [0.2, 0.25) is 5.00 Å². The second kappa shape index (κ2) is 4.74. The second-order valence-corrected chi connectivity index (χ2v) is 6.56. The fourth-order valence-electron chi connectivity index (χ4n) is 2.38. The first-order valence-corrected chi connectivity index (χ1v) is 7.43. The molecule has 102 valence electrons. The molecule has 0 bridgehead atoms. The summed E-state index contributed by atoms with van der Waals surface area (Å²) >= 11 is 1.21. The van der Waals surface area contributed by atoms with E-state index in [1.54, 1.807) is 0 Å². The minimum absolute atomic E-state index is 0.671. The van der Waals surface area contributed by atoms with Crippen LogP contribution in [0.5, 0.6) is 0 Å². The van der Waals surface area contributed by atoms with Crippen molar-refractivity contribution in [3.63, 3.8) is 0 Å². The number of rotatable bonds is 2. The van der Waals surface area contributed by atoms with Crippen molar-refractivity contribution in [2.24, 2.45) is 4.99 Å². The van der Waals surface area contributed by atoms with Gasteiger partial charge in [0.15, 0.2) is 0 Å². The molecule has 0 aromatic heterocycles. The molecule has 1 atom stereocenters. The molecule has 2 aromatic carbocycles. The van der Waals surface area contributed by atoms with E-state index in [9.17, 15) is 0 Å². The van der Waals surface area contributed by atoms with Crippen molar-refractivity contribution in [2.75, 3.05) is 0 Å². The Morgan fingerprint density at radius 3 is 2.05 bits per heavy atom. The minimum atomic E-state index is -1.53. The molecule has 0 saturated carbocycles. The molecule has 1 unspecified atom stereocenters. The number of alkyl halides is 1. The average Bonchev–Trinajstić information content (AvgIpc) is 2.72. The van der Waals surface area contributed by atoms with Crippen LogP contribution in [0.4, 0.5) is 4.39 Å². The van der Waals surface area contributed by atoms with Crippen molar-refractivity contribution in [1.82, 2.24) is 0 Å². The molecular weight excluding hydrogens is 269 g/mol. The lowest BCUT2D eigenvalue weighted by Crippen LogP contribution is -2.36. The molecule has 0 aliphatic carbocycles.